The van der Waals surface area contributed by atoms with Crippen LogP contribution in [0.1, 0.15) is 19.4 Å². The Hall–Kier alpha value is -1.51. The molecule has 1 N–H and O–H groups in total. The zero-order valence-electron chi connectivity index (χ0n) is 8.05. The number of rotatable bonds is 0. The third-order valence-corrected chi connectivity index (χ3v) is 1.58. The molecular formula is C10H13NO2. The fourth-order valence-corrected chi connectivity index (χ4v) is 1.05. The molecule has 0 saturated heterocycles. The van der Waals surface area contributed by atoms with Crippen LogP contribution < -0.4 is 5.76 Å². The highest BCUT2D eigenvalue weighted by Gasteiger charge is 1.98. The van der Waals surface area contributed by atoms with E-state index >= 15 is 0 Å². The molecule has 1 aromatic carbocycles. The summed E-state index contributed by atoms with van der Waals surface area (Å²) in [6.45, 7) is 5.95. The molecule has 0 bridgehead atoms. The van der Waals surface area contributed by atoms with Gasteiger partial charge in [0, 0.05) is 0 Å². The molecule has 3 nitrogen and oxygen atoms in total. The third kappa shape index (κ3) is 1.99. The number of fused-ring (bicyclic) bond motifs is 1. The molecule has 0 fully saturated rings. The Morgan fingerprint density at radius 1 is 1.31 bits per heavy atom. The molecule has 70 valence electrons. The molecule has 13 heavy (non-hydrogen) atoms. The summed E-state index contributed by atoms with van der Waals surface area (Å²) in [6.07, 6.45) is 0. The van der Waals surface area contributed by atoms with Gasteiger partial charge in [-0.05, 0) is 24.6 Å². The summed E-state index contributed by atoms with van der Waals surface area (Å²) in [4.78, 5) is 13.2. The van der Waals surface area contributed by atoms with E-state index in [0.29, 0.717) is 5.58 Å². The minimum absolute atomic E-state index is 0.398. The summed E-state index contributed by atoms with van der Waals surface area (Å²) >= 11 is 0. The molecule has 0 atom stereocenters. The lowest BCUT2D eigenvalue weighted by molar-refractivity contribution is 0.555. The minimum atomic E-state index is -0.398. The number of aromatic nitrogens is 1. The van der Waals surface area contributed by atoms with Crippen LogP contribution in [0.3, 0.4) is 0 Å². The Labute approximate surface area is 76.4 Å². The SMILES string of the molecule is CC.Cc1ccc2[nH]c(=O)oc2c1. The molecule has 0 radical (unpaired) electrons. The van der Waals surface area contributed by atoms with Gasteiger partial charge in [0.1, 0.15) is 0 Å². The molecule has 1 aromatic heterocycles. The summed E-state index contributed by atoms with van der Waals surface area (Å²) in [6, 6.07) is 5.58. The van der Waals surface area contributed by atoms with E-state index in [2.05, 4.69) is 4.98 Å². The Kier molecular flexibility index (Phi) is 2.90. The van der Waals surface area contributed by atoms with Crippen molar-refractivity contribution in [2.75, 3.05) is 0 Å². The minimum Gasteiger partial charge on any atom is -0.408 e. The Morgan fingerprint density at radius 2 is 2.00 bits per heavy atom. The van der Waals surface area contributed by atoms with Crippen molar-refractivity contribution in [3.63, 3.8) is 0 Å². The zero-order valence-corrected chi connectivity index (χ0v) is 8.05. The van der Waals surface area contributed by atoms with E-state index in [1.165, 1.54) is 0 Å². The average molecular weight is 179 g/mol. The third-order valence-electron chi connectivity index (χ3n) is 1.58. The number of oxazole rings is 1. The average Bonchev–Trinajstić information content (AvgIpc) is 2.48. The molecule has 2 rings (SSSR count). The number of aryl methyl sites for hydroxylation is 1. The standard InChI is InChI=1S/C8H7NO2.C2H6/c1-5-2-3-6-7(4-5)11-8(10)9-6;1-2/h2-4H,1H3,(H,9,10);1-2H3. The van der Waals surface area contributed by atoms with Gasteiger partial charge in [0.15, 0.2) is 5.58 Å². The number of hydrogen-bond donors (Lipinski definition) is 1. The number of hydrogen-bond acceptors (Lipinski definition) is 2. The van der Waals surface area contributed by atoms with Crippen LogP contribution in [0.2, 0.25) is 0 Å². The highest BCUT2D eigenvalue weighted by molar-refractivity contribution is 5.72. The van der Waals surface area contributed by atoms with Gasteiger partial charge in [-0.2, -0.15) is 0 Å². The van der Waals surface area contributed by atoms with Gasteiger partial charge < -0.3 is 4.42 Å². The van der Waals surface area contributed by atoms with E-state index in [9.17, 15) is 4.79 Å². The number of benzene rings is 1. The quantitative estimate of drug-likeness (QED) is 0.675. The summed E-state index contributed by atoms with van der Waals surface area (Å²) in [5.74, 6) is -0.398. The second-order valence-corrected chi connectivity index (χ2v) is 2.51. The van der Waals surface area contributed by atoms with Crippen molar-refractivity contribution in [3.05, 3.63) is 34.3 Å². The Bertz CT molecular complexity index is 439. The van der Waals surface area contributed by atoms with Crippen molar-refractivity contribution < 1.29 is 4.42 Å². The molecule has 0 saturated carbocycles. The molecule has 0 amide bonds. The summed E-state index contributed by atoms with van der Waals surface area (Å²) in [7, 11) is 0. The van der Waals surface area contributed by atoms with Crippen molar-refractivity contribution in [1.82, 2.24) is 4.98 Å². The summed E-state index contributed by atoms with van der Waals surface area (Å²) in [5, 5.41) is 0. The first-order chi connectivity index (χ1) is 6.25. The molecule has 0 aliphatic carbocycles. The maximum Gasteiger partial charge on any atom is 0.417 e. The Morgan fingerprint density at radius 3 is 2.69 bits per heavy atom. The lowest BCUT2D eigenvalue weighted by Gasteiger charge is -1.87. The molecule has 0 spiro atoms. The van der Waals surface area contributed by atoms with Gasteiger partial charge in [-0.1, -0.05) is 19.9 Å². The molecule has 0 aliphatic heterocycles. The maximum atomic E-state index is 10.7. The molecular weight excluding hydrogens is 166 g/mol. The van der Waals surface area contributed by atoms with Crippen LogP contribution in [-0.2, 0) is 0 Å². The van der Waals surface area contributed by atoms with E-state index in [-0.39, 0.29) is 0 Å². The Balaban J connectivity index is 0.000000396. The van der Waals surface area contributed by atoms with Crippen molar-refractivity contribution in [3.8, 4) is 0 Å². The van der Waals surface area contributed by atoms with Crippen LogP contribution in [0.5, 0.6) is 0 Å². The predicted molar refractivity (Wildman–Crippen MR) is 52.9 cm³/mol. The van der Waals surface area contributed by atoms with Gasteiger partial charge in [0.05, 0.1) is 5.52 Å². The topological polar surface area (TPSA) is 46.0 Å². The van der Waals surface area contributed by atoms with E-state index in [1.54, 1.807) is 0 Å². The molecule has 1 heterocycles. The van der Waals surface area contributed by atoms with Crippen molar-refractivity contribution >= 4 is 11.1 Å². The summed E-state index contributed by atoms with van der Waals surface area (Å²) in [5.41, 5.74) is 2.45. The smallest absolute Gasteiger partial charge is 0.408 e. The molecule has 0 unspecified atom stereocenters. The molecule has 3 heteroatoms. The van der Waals surface area contributed by atoms with Gasteiger partial charge in [0.2, 0.25) is 0 Å². The van der Waals surface area contributed by atoms with Crippen LogP contribution in [0.4, 0.5) is 0 Å². The fraction of sp³-hybridized carbons (Fsp3) is 0.300. The lowest BCUT2D eigenvalue weighted by Crippen LogP contribution is -1.92. The fourth-order valence-electron chi connectivity index (χ4n) is 1.05. The van der Waals surface area contributed by atoms with E-state index in [0.717, 1.165) is 11.1 Å². The maximum absolute atomic E-state index is 10.7. The highest BCUT2D eigenvalue weighted by atomic mass is 16.4. The van der Waals surface area contributed by atoms with Gasteiger partial charge >= 0.3 is 5.76 Å². The van der Waals surface area contributed by atoms with Crippen molar-refractivity contribution in [2.45, 2.75) is 20.8 Å². The van der Waals surface area contributed by atoms with E-state index in [1.807, 2.05) is 39.0 Å². The highest BCUT2D eigenvalue weighted by Crippen LogP contribution is 2.10. The van der Waals surface area contributed by atoms with Gasteiger partial charge in [-0.25, -0.2) is 4.79 Å². The second kappa shape index (κ2) is 3.94. The first-order valence-electron chi connectivity index (χ1n) is 4.35. The zero-order chi connectivity index (χ0) is 9.84. The normalized spacial score (nSPS) is 9.46. The first kappa shape index (κ1) is 9.58. The van der Waals surface area contributed by atoms with Crippen LogP contribution >= 0.6 is 0 Å². The monoisotopic (exact) mass is 179 g/mol. The molecule has 2 aromatic rings. The van der Waals surface area contributed by atoms with E-state index in [4.69, 9.17) is 4.42 Å². The largest absolute Gasteiger partial charge is 0.417 e. The van der Waals surface area contributed by atoms with Gasteiger partial charge in [-0.3, -0.25) is 4.98 Å². The first-order valence-corrected chi connectivity index (χ1v) is 4.35. The summed E-state index contributed by atoms with van der Waals surface area (Å²) < 4.78 is 4.84. The predicted octanol–water partition coefficient (Wildman–Crippen LogP) is 2.46. The van der Waals surface area contributed by atoms with Crippen molar-refractivity contribution in [1.29, 1.82) is 0 Å². The number of nitrogens with one attached hydrogen (secondary N) is 1. The van der Waals surface area contributed by atoms with Crippen LogP contribution in [-0.4, -0.2) is 4.98 Å². The van der Waals surface area contributed by atoms with Gasteiger partial charge in [0.25, 0.3) is 0 Å². The van der Waals surface area contributed by atoms with Crippen molar-refractivity contribution in [2.24, 2.45) is 0 Å². The van der Waals surface area contributed by atoms with E-state index < -0.39 is 5.76 Å². The molecule has 0 aliphatic rings. The van der Waals surface area contributed by atoms with Crippen LogP contribution in [0, 0.1) is 6.92 Å². The van der Waals surface area contributed by atoms with Gasteiger partial charge in [-0.15, -0.1) is 0 Å². The number of aromatic amines is 1. The number of H-pyrrole nitrogens is 1. The van der Waals surface area contributed by atoms with Crippen LogP contribution in [0.15, 0.2) is 27.4 Å². The van der Waals surface area contributed by atoms with Crippen LogP contribution in [0.25, 0.3) is 11.1 Å². The second-order valence-electron chi connectivity index (χ2n) is 2.51. The lowest BCUT2D eigenvalue weighted by atomic mass is 10.2.